The first-order valence-electron chi connectivity index (χ1n) is 9.02. The molecule has 0 saturated heterocycles. The van der Waals surface area contributed by atoms with Gasteiger partial charge in [-0.2, -0.15) is 0 Å². The monoisotopic (exact) mass is 389 g/mol. The summed E-state index contributed by atoms with van der Waals surface area (Å²) in [6, 6.07) is 14.5. The fourth-order valence-electron chi connectivity index (χ4n) is 2.82. The molecule has 0 aliphatic rings. The van der Waals surface area contributed by atoms with E-state index < -0.39 is 10.0 Å². The molecule has 0 aliphatic heterocycles. The average molecular weight is 390 g/mol. The van der Waals surface area contributed by atoms with Crippen LogP contribution >= 0.6 is 0 Å². The topological polar surface area (TPSA) is 92.5 Å². The van der Waals surface area contributed by atoms with Crippen LogP contribution in [0.5, 0.6) is 0 Å². The van der Waals surface area contributed by atoms with Gasteiger partial charge in [0.15, 0.2) is 0 Å². The van der Waals surface area contributed by atoms with Crippen LogP contribution in [0.3, 0.4) is 0 Å². The van der Waals surface area contributed by atoms with Crippen molar-refractivity contribution in [1.29, 1.82) is 0 Å². The molecular weight excluding hydrogens is 362 g/mol. The molecule has 7 heteroatoms. The van der Waals surface area contributed by atoms with Crippen LogP contribution in [-0.2, 0) is 16.4 Å². The van der Waals surface area contributed by atoms with Crippen LogP contribution in [0.25, 0.3) is 0 Å². The van der Waals surface area contributed by atoms with Crippen molar-refractivity contribution in [1.82, 2.24) is 9.62 Å². The van der Waals surface area contributed by atoms with E-state index in [-0.39, 0.29) is 17.3 Å². The molecular formula is C20H27N3O3S. The third-order valence-corrected chi connectivity index (χ3v) is 5.83. The Kier molecular flexibility index (Phi) is 7.53. The van der Waals surface area contributed by atoms with E-state index in [4.69, 9.17) is 5.73 Å². The zero-order valence-corrected chi connectivity index (χ0v) is 16.6. The maximum atomic E-state index is 13.1. The third-order valence-electron chi connectivity index (χ3n) is 4.28. The molecule has 2 aromatic carbocycles. The summed E-state index contributed by atoms with van der Waals surface area (Å²) >= 11 is 0. The zero-order valence-electron chi connectivity index (χ0n) is 15.8. The van der Waals surface area contributed by atoms with Crippen molar-refractivity contribution in [3.8, 4) is 0 Å². The maximum Gasteiger partial charge on any atom is 0.254 e. The van der Waals surface area contributed by atoms with E-state index >= 15 is 0 Å². The van der Waals surface area contributed by atoms with Crippen LogP contribution in [0.4, 0.5) is 0 Å². The van der Waals surface area contributed by atoms with Crippen molar-refractivity contribution < 1.29 is 13.2 Å². The Labute approximate surface area is 161 Å². The Balaban J connectivity index is 2.26. The fraction of sp³-hybridized carbons (Fsp3) is 0.350. The number of hydrogen-bond donors (Lipinski definition) is 2. The van der Waals surface area contributed by atoms with E-state index in [0.717, 1.165) is 11.1 Å². The summed E-state index contributed by atoms with van der Waals surface area (Å²) in [5.74, 6) is -0.206. The first-order valence-corrected chi connectivity index (χ1v) is 10.5. The highest BCUT2D eigenvalue weighted by Crippen LogP contribution is 2.18. The molecule has 6 nitrogen and oxygen atoms in total. The van der Waals surface area contributed by atoms with E-state index in [2.05, 4.69) is 4.72 Å². The van der Waals surface area contributed by atoms with E-state index in [1.807, 2.05) is 30.3 Å². The number of carbonyl (C=O) groups is 1. The largest absolute Gasteiger partial charge is 0.337 e. The minimum absolute atomic E-state index is 0.0917. The molecule has 0 aliphatic carbocycles. The van der Waals surface area contributed by atoms with Gasteiger partial charge in [0.1, 0.15) is 0 Å². The van der Waals surface area contributed by atoms with E-state index in [1.54, 1.807) is 24.8 Å². The van der Waals surface area contributed by atoms with E-state index in [9.17, 15) is 13.2 Å². The highest BCUT2D eigenvalue weighted by Gasteiger charge is 2.21. The van der Waals surface area contributed by atoms with E-state index in [1.165, 1.54) is 12.1 Å². The summed E-state index contributed by atoms with van der Waals surface area (Å²) in [4.78, 5) is 14.8. The molecule has 0 saturated carbocycles. The minimum Gasteiger partial charge on any atom is -0.337 e. The molecule has 27 heavy (non-hydrogen) atoms. The van der Waals surface area contributed by atoms with Crippen LogP contribution in [0, 0.1) is 6.92 Å². The first kappa shape index (κ1) is 21.1. The Morgan fingerprint density at radius 3 is 2.44 bits per heavy atom. The molecule has 0 atom stereocenters. The number of aryl methyl sites for hydroxylation is 1. The maximum absolute atomic E-state index is 13.1. The summed E-state index contributed by atoms with van der Waals surface area (Å²) in [6.45, 7) is 5.07. The van der Waals surface area contributed by atoms with Gasteiger partial charge in [0, 0.05) is 31.7 Å². The fourth-order valence-corrected chi connectivity index (χ4v) is 3.89. The van der Waals surface area contributed by atoms with Gasteiger partial charge in [-0.05, 0) is 36.6 Å². The Morgan fingerprint density at radius 1 is 1.11 bits per heavy atom. The zero-order chi connectivity index (χ0) is 19.9. The molecule has 2 rings (SSSR count). The average Bonchev–Trinajstić information content (AvgIpc) is 2.65. The van der Waals surface area contributed by atoms with Crippen molar-refractivity contribution in [2.75, 3.05) is 26.2 Å². The van der Waals surface area contributed by atoms with Crippen molar-refractivity contribution in [2.45, 2.75) is 25.2 Å². The van der Waals surface area contributed by atoms with Gasteiger partial charge in [0.2, 0.25) is 10.0 Å². The van der Waals surface area contributed by atoms with Gasteiger partial charge in [0.25, 0.3) is 5.91 Å². The number of sulfonamides is 1. The number of rotatable bonds is 9. The van der Waals surface area contributed by atoms with Crippen molar-refractivity contribution in [2.24, 2.45) is 5.73 Å². The molecule has 0 bridgehead atoms. The second-order valence-corrected chi connectivity index (χ2v) is 8.06. The molecule has 0 radical (unpaired) electrons. The van der Waals surface area contributed by atoms with Gasteiger partial charge < -0.3 is 10.6 Å². The Hall–Kier alpha value is -2.22. The quantitative estimate of drug-likeness (QED) is 0.685. The SMILES string of the molecule is CCNS(=O)(=O)c1ccc(C)c(C(=O)N(CCN)CCc2ccccc2)c1. The van der Waals surface area contributed by atoms with Crippen LogP contribution in [-0.4, -0.2) is 45.4 Å². The van der Waals surface area contributed by atoms with Gasteiger partial charge in [0.05, 0.1) is 4.90 Å². The lowest BCUT2D eigenvalue weighted by Crippen LogP contribution is -2.37. The van der Waals surface area contributed by atoms with Crippen molar-refractivity contribution >= 4 is 15.9 Å². The predicted octanol–water partition coefficient (Wildman–Crippen LogP) is 1.94. The molecule has 0 heterocycles. The number of nitrogens with two attached hydrogens (primary N) is 1. The summed E-state index contributed by atoms with van der Waals surface area (Å²) < 4.78 is 27.0. The first-order chi connectivity index (χ1) is 12.9. The van der Waals surface area contributed by atoms with Crippen molar-refractivity contribution in [3.05, 3.63) is 65.2 Å². The second kappa shape index (κ2) is 9.64. The minimum atomic E-state index is -3.62. The number of amides is 1. The van der Waals surface area contributed by atoms with Crippen molar-refractivity contribution in [3.63, 3.8) is 0 Å². The van der Waals surface area contributed by atoms with Crippen LogP contribution in [0.2, 0.25) is 0 Å². The van der Waals surface area contributed by atoms with Gasteiger partial charge >= 0.3 is 0 Å². The number of nitrogens with zero attached hydrogens (tertiary/aromatic N) is 1. The highest BCUT2D eigenvalue weighted by molar-refractivity contribution is 7.89. The molecule has 0 unspecified atom stereocenters. The standard InChI is InChI=1S/C20H27N3O3S/c1-3-22-27(25,26)18-10-9-16(2)19(15-18)20(24)23(14-12-21)13-11-17-7-5-4-6-8-17/h4-10,15,22H,3,11-14,21H2,1-2H3. The van der Waals surface area contributed by atoms with Gasteiger partial charge in [-0.25, -0.2) is 13.1 Å². The summed E-state index contributed by atoms with van der Waals surface area (Å²) in [5.41, 5.74) is 7.94. The lowest BCUT2D eigenvalue weighted by molar-refractivity contribution is 0.0761. The van der Waals surface area contributed by atoms with Crippen LogP contribution < -0.4 is 10.5 Å². The smallest absolute Gasteiger partial charge is 0.254 e. The number of carbonyl (C=O) groups excluding carboxylic acids is 1. The van der Waals surface area contributed by atoms with Crippen LogP contribution in [0.15, 0.2) is 53.4 Å². The third kappa shape index (κ3) is 5.63. The Morgan fingerprint density at radius 2 is 1.81 bits per heavy atom. The molecule has 146 valence electrons. The Bertz CT molecular complexity index is 867. The molecule has 2 aromatic rings. The predicted molar refractivity (Wildman–Crippen MR) is 107 cm³/mol. The molecule has 0 spiro atoms. The van der Waals surface area contributed by atoms with Gasteiger partial charge in [-0.1, -0.05) is 43.3 Å². The molecule has 0 fully saturated rings. The lowest BCUT2D eigenvalue weighted by Gasteiger charge is -2.23. The molecule has 0 aromatic heterocycles. The normalized spacial score (nSPS) is 11.4. The lowest BCUT2D eigenvalue weighted by atomic mass is 10.1. The number of nitrogens with one attached hydrogen (secondary N) is 1. The number of benzene rings is 2. The van der Waals surface area contributed by atoms with Crippen LogP contribution in [0.1, 0.15) is 28.4 Å². The second-order valence-electron chi connectivity index (χ2n) is 6.29. The summed E-state index contributed by atoms with van der Waals surface area (Å²) in [7, 11) is -3.62. The highest BCUT2D eigenvalue weighted by atomic mass is 32.2. The number of hydrogen-bond acceptors (Lipinski definition) is 4. The van der Waals surface area contributed by atoms with Gasteiger partial charge in [-0.3, -0.25) is 4.79 Å². The molecule has 3 N–H and O–H groups in total. The van der Waals surface area contributed by atoms with Gasteiger partial charge in [-0.15, -0.1) is 0 Å². The summed E-state index contributed by atoms with van der Waals surface area (Å²) in [5, 5.41) is 0. The van der Waals surface area contributed by atoms with E-state index in [0.29, 0.717) is 31.6 Å². The summed E-state index contributed by atoms with van der Waals surface area (Å²) in [6.07, 6.45) is 0.709. The molecule has 1 amide bonds.